The molecule has 14 nitrogen and oxygen atoms in total. The summed E-state index contributed by atoms with van der Waals surface area (Å²) in [6.07, 6.45) is 1.66. The van der Waals surface area contributed by atoms with Gasteiger partial charge in [0.15, 0.2) is 0 Å². The van der Waals surface area contributed by atoms with E-state index >= 15 is 0 Å². The van der Waals surface area contributed by atoms with Gasteiger partial charge in [-0.3, -0.25) is 4.79 Å². The molecule has 0 saturated carbocycles. The second-order valence-electron chi connectivity index (χ2n) is 13.2. The molecule has 306 valence electrons. The maximum Gasteiger partial charge on any atom is 0.329 e. The first-order valence-corrected chi connectivity index (χ1v) is 19.9. The standard InChI is InChI=1S/C42H51N3O11S/c1-30-8-23-38(24-9-30)57(49,50)56-43-26-6-5-7-39(41(47)55-29-33-14-21-37(53-4)22-15-33)45-42(48)44-34(27-31-10-17-35(51-2)18-11-31)16-25-40(46)54-28-32-12-19-36(52-3)20-13-32/h8-15,17-24,34,39,43H,5-7,16,25-29H2,1-4H3,(H2,44,45,48)/t34?,39-/m0/s1. The molecule has 0 saturated heterocycles. The van der Waals surface area contributed by atoms with Crippen LogP contribution in [-0.2, 0) is 53.1 Å². The Balaban J connectivity index is 1.36. The second kappa shape index (κ2) is 22.8. The Morgan fingerprint density at radius 2 is 1.16 bits per heavy atom. The van der Waals surface area contributed by atoms with E-state index in [9.17, 15) is 22.8 Å². The minimum absolute atomic E-state index is 0.0197. The summed E-state index contributed by atoms with van der Waals surface area (Å²) in [4.78, 5) is 39.7. The lowest BCUT2D eigenvalue weighted by molar-refractivity contribution is -0.147. The highest BCUT2D eigenvalue weighted by Crippen LogP contribution is 2.17. The number of hydrogen-bond acceptors (Lipinski definition) is 12. The number of urea groups is 1. The van der Waals surface area contributed by atoms with Crippen LogP contribution < -0.4 is 30.3 Å². The summed E-state index contributed by atoms with van der Waals surface area (Å²) in [7, 11) is 0.684. The lowest BCUT2D eigenvalue weighted by Crippen LogP contribution is -2.50. The molecule has 0 bridgehead atoms. The van der Waals surface area contributed by atoms with Gasteiger partial charge in [0.05, 0.1) is 26.2 Å². The molecule has 0 aliphatic rings. The Kier molecular flexibility index (Phi) is 17.6. The smallest absolute Gasteiger partial charge is 0.329 e. The first kappa shape index (κ1) is 44.1. The van der Waals surface area contributed by atoms with Crippen molar-refractivity contribution < 1.29 is 50.8 Å². The molecule has 0 aromatic heterocycles. The fourth-order valence-electron chi connectivity index (χ4n) is 5.55. The quantitative estimate of drug-likeness (QED) is 0.0457. The Morgan fingerprint density at radius 3 is 1.70 bits per heavy atom. The van der Waals surface area contributed by atoms with E-state index < -0.39 is 40.2 Å². The minimum atomic E-state index is -4.01. The summed E-state index contributed by atoms with van der Waals surface area (Å²) < 4.78 is 56.7. The fraction of sp³-hybridized carbons (Fsp3) is 0.357. The maximum atomic E-state index is 13.5. The van der Waals surface area contributed by atoms with E-state index in [4.69, 9.17) is 28.0 Å². The Bertz CT molecular complexity index is 1960. The minimum Gasteiger partial charge on any atom is -0.497 e. The van der Waals surface area contributed by atoms with Gasteiger partial charge in [-0.2, -0.15) is 18.2 Å². The fourth-order valence-corrected chi connectivity index (χ4v) is 6.35. The van der Waals surface area contributed by atoms with Crippen molar-refractivity contribution in [2.45, 2.75) is 75.6 Å². The van der Waals surface area contributed by atoms with E-state index in [-0.39, 0.29) is 43.9 Å². The highest BCUT2D eigenvalue weighted by Gasteiger charge is 2.24. The summed E-state index contributed by atoms with van der Waals surface area (Å²) in [5, 5.41) is 5.68. The van der Waals surface area contributed by atoms with Gasteiger partial charge in [-0.25, -0.2) is 9.59 Å². The summed E-state index contributed by atoms with van der Waals surface area (Å²) in [5.41, 5.74) is 5.81. The van der Waals surface area contributed by atoms with Gasteiger partial charge in [0.1, 0.15) is 36.5 Å². The van der Waals surface area contributed by atoms with Crippen LogP contribution >= 0.6 is 0 Å². The van der Waals surface area contributed by atoms with Gasteiger partial charge in [0, 0.05) is 19.0 Å². The number of rotatable bonds is 23. The van der Waals surface area contributed by atoms with Crippen LogP contribution in [0.1, 0.15) is 54.4 Å². The van der Waals surface area contributed by atoms with Crippen molar-refractivity contribution in [1.82, 2.24) is 16.1 Å². The van der Waals surface area contributed by atoms with Crippen molar-refractivity contribution >= 4 is 28.1 Å². The molecule has 0 heterocycles. The van der Waals surface area contributed by atoms with Crippen LogP contribution in [0.2, 0.25) is 0 Å². The predicted molar refractivity (Wildman–Crippen MR) is 212 cm³/mol. The third-order valence-electron chi connectivity index (χ3n) is 8.86. The number of amides is 2. The van der Waals surface area contributed by atoms with Crippen LogP contribution in [0.4, 0.5) is 4.79 Å². The van der Waals surface area contributed by atoms with Gasteiger partial charge < -0.3 is 34.3 Å². The number of carbonyl (C=O) groups excluding carboxylic acids is 3. The van der Waals surface area contributed by atoms with E-state index in [1.807, 2.05) is 43.3 Å². The predicted octanol–water partition coefficient (Wildman–Crippen LogP) is 5.95. The first-order valence-electron chi connectivity index (χ1n) is 18.5. The molecule has 0 fully saturated rings. The van der Waals surface area contributed by atoms with Crippen LogP contribution in [0.15, 0.2) is 102 Å². The molecular weight excluding hydrogens is 755 g/mol. The lowest BCUT2D eigenvalue weighted by atomic mass is 10.0. The highest BCUT2D eigenvalue weighted by molar-refractivity contribution is 7.86. The van der Waals surface area contributed by atoms with E-state index in [2.05, 4.69) is 16.1 Å². The number of ether oxygens (including phenoxy) is 5. The maximum absolute atomic E-state index is 13.5. The lowest BCUT2D eigenvalue weighted by Gasteiger charge is -2.22. The van der Waals surface area contributed by atoms with E-state index in [1.54, 1.807) is 69.9 Å². The molecule has 15 heteroatoms. The third-order valence-corrected chi connectivity index (χ3v) is 10.0. The van der Waals surface area contributed by atoms with Crippen LogP contribution in [0.3, 0.4) is 0 Å². The van der Waals surface area contributed by atoms with Gasteiger partial charge in [-0.15, -0.1) is 0 Å². The Labute approximate surface area is 334 Å². The summed E-state index contributed by atoms with van der Waals surface area (Å²) in [5.74, 6) is 0.935. The number of esters is 2. The second-order valence-corrected chi connectivity index (χ2v) is 14.7. The van der Waals surface area contributed by atoms with Gasteiger partial charge in [-0.1, -0.05) is 54.1 Å². The number of carbonyl (C=O) groups is 3. The summed E-state index contributed by atoms with van der Waals surface area (Å²) >= 11 is 0. The molecule has 0 aliphatic heterocycles. The Morgan fingerprint density at radius 1 is 0.632 bits per heavy atom. The van der Waals surface area contributed by atoms with Crippen LogP contribution in [0.25, 0.3) is 0 Å². The molecule has 3 N–H and O–H groups in total. The zero-order valence-electron chi connectivity index (χ0n) is 32.7. The largest absolute Gasteiger partial charge is 0.497 e. The summed E-state index contributed by atoms with van der Waals surface area (Å²) in [6.45, 7) is 2.06. The number of nitrogens with one attached hydrogen (secondary N) is 3. The number of hydrogen-bond donors (Lipinski definition) is 3. The van der Waals surface area contributed by atoms with Crippen LogP contribution in [0.5, 0.6) is 17.2 Å². The van der Waals surface area contributed by atoms with E-state index in [0.29, 0.717) is 36.5 Å². The van der Waals surface area contributed by atoms with Gasteiger partial charge >= 0.3 is 28.1 Å². The van der Waals surface area contributed by atoms with Crippen molar-refractivity contribution in [3.8, 4) is 17.2 Å². The van der Waals surface area contributed by atoms with Crippen molar-refractivity contribution in [2.24, 2.45) is 0 Å². The number of unbranched alkanes of at least 4 members (excludes halogenated alkanes) is 1. The number of methoxy groups -OCH3 is 3. The molecule has 57 heavy (non-hydrogen) atoms. The number of benzene rings is 4. The molecule has 4 aromatic rings. The first-order chi connectivity index (χ1) is 27.5. The van der Waals surface area contributed by atoms with Crippen LogP contribution in [-0.4, -0.2) is 66.3 Å². The monoisotopic (exact) mass is 805 g/mol. The summed E-state index contributed by atoms with van der Waals surface area (Å²) in [6, 6.07) is 25.7. The molecule has 0 aliphatic carbocycles. The SMILES string of the molecule is COc1ccc(COC(=O)CCC(Cc2ccc(OC)cc2)NC(=O)N[C@@H](CCCCNOS(=O)(=O)c2ccc(C)cc2)C(=O)OCc2ccc(OC)cc2)cc1. The zero-order valence-corrected chi connectivity index (χ0v) is 33.5. The highest BCUT2D eigenvalue weighted by atomic mass is 32.2. The van der Waals surface area contributed by atoms with Crippen molar-refractivity contribution in [1.29, 1.82) is 0 Å². The van der Waals surface area contributed by atoms with Crippen molar-refractivity contribution in [2.75, 3.05) is 27.9 Å². The molecule has 4 rings (SSSR count). The number of aryl methyl sites for hydroxylation is 1. The Hall–Kier alpha value is -5.64. The number of hydroxylamine groups is 1. The topological polar surface area (TPSA) is 177 Å². The molecule has 0 radical (unpaired) electrons. The third kappa shape index (κ3) is 15.4. The molecule has 0 spiro atoms. The van der Waals surface area contributed by atoms with Crippen molar-refractivity contribution in [3.05, 3.63) is 119 Å². The average molecular weight is 806 g/mol. The molecule has 1 unspecified atom stereocenters. The van der Waals surface area contributed by atoms with E-state index in [0.717, 1.165) is 22.3 Å². The van der Waals surface area contributed by atoms with Gasteiger partial charge in [-0.05, 0) is 104 Å². The van der Waals surface area contributed by atoms with Gasteiger partial charge in [0.25, 0.3) is 0 Å². The van der Waals surface area contributed by atoms with E-state index in [1.165, 1.54) is 12.1 Å². The zero-order chi connectivity index (χ0) is 41.0. The molecule has 2 atom stereocenters. The molecule has 2 amide bonds. The van der Waals surface area contributed by atoms with Gasteiger partial charge in [0.2, 0.25) is 0 Å². The normalized spacial score (nSPS) is 12.1. The average Bonchev–Trinajstić information content (AvgIpc) is 3.22. The van der Waals surface area contributed by atoms with Crippen molar-refractivity contribution in [3.63, 3.8) is 0 Å². The molecule has 4 aromatic carbocycles. The molecular formula is C42H51N3O11S. The van der Waals surface area contributed by atoms with Crippen LogP contribution in [0, 0.1) is 6.92 Å².